The number of benzene rings is 1. The second kappa shape index (κ2) is 11.0. The second-order valence-corrected chi connectivity index (χ2v) is 8.80. The van der Waals surface area contributed by atoms with Crippen LogP contribution in [0.2, 0.25) is 5.02 Å². The van der Waals surface area contributed by atoms with E-state index in [0.717, 1.165) is 6.08 Å². The molecule has 0 saturated heterocycles. The van der Waals surface area contributed by atoms with Crippen molar-refractivity contribution < 1.29 is 42.6 Å². The first kappa shape index (κ1) is 27.3. The van der Waals surface area contributed by atoms with E-state index in [2.05, 4.69) is 0 Å². The minimum Gasteiger partial charge on any atom is -0.475 e. The predicted molar refractivity (Wildman–Crippen MR) is 112 cm³/mol. The molecule has 1 aromatic rings. The summed E-state index contributed by atoms with van der Waals surface area (Å²) in [4.78, 5) is 18.6. The Labute approximate surface area is 194 Å². The number of rotatable bonds is 9. The lowest BCUT2D eigenvalue weighted by atomic mass is 9.85. The summed E-state index contributed by atoms with van der Waals surface area (Å²) in [6.07, 6.45) is -6.41. The van der Waals surface area contributed by atoms with Crippen LogP contribution in [0.5, 0.6) is 5.75 Å². The molecule has 9 nitrogen and oxygen atoms in total. The van der Waals surface area contributed by atoms with Crippen molar-refractivity contribution in [1.82, 2.24) is 15.7 Å². The number of aliphatic hydroxyl groups is 1. The average Bonchev–Trinajstić information content (AvgIpc) is 2.68. The number of aliphatic hydroxyl groups excluding tert-OH is 1. The SMILES string of the molecule is CN(CCO)CN(O)NOCOC(=O)C1=Cc2cc(Cl)c(C(C)(C)C)cc2OC1C(F)(F)F. The molecule has 0 aliphatic carbocycles. The molecule has 1 atom stereocenters. The van der Waals surface area contributed by atoms with Gasteiger partial charge in [0.25, 0.3) is 0 Å². The van der Waals surface area contributed by atoms with Gasteiger partial charge in [-0.05, 0) is 36.2 Å². The first-order chi connectivity index (χ1) is 15.2. The fraction of sp³-hybridized carbons (Fsp3) is 0.550. The Morgan fingerprint density at radius 1 is 1.30 bits per heavy atom. The quantitative estimate of drug-likeness (QED) is 0.206. The minimum atomic E-state index is -4.89. The molecule has 1 unspecified atom stereocenters. The molecule has 0 aromatic heterocycles. The molecule has 13 heteroatoms. The Kier molecular flexibility index (Phi) is 9.10. The lowest BCUT2D eigenvalue weighted by Crippen LogP contribution is -2.44. The molecule has 186 valence electrons. The van der Waals surface area contributed by atoms with Crippen molar-refractivity contribution in [2.75, 3.05) is 33.7 Å². The lowest BCUT2D eigenvalue weighted by molar-refractivity contribution is -0.273. The van der Waals surface area contributed by atoms with Crippen LogP contribution < -0.4 is 10.3 Å². The van der Waals surface area contributed by atoms with Crippen molar-refractivity contribution in [2.24, 2.45) is 0 Å². The number of hydrogen-bond donors (Lipinski definition) is 3. The topological polar surface area (TPSA) is 104 Å². The van der Waals surface area contributed by atoms with Crippen molar-refractivity contribution in [3.05, 3.63) is 33.9 Å². The summed E-state index contributed by atoms with van der Waals surface area (Å²) in [5, 5.41) is 19.2. The van der Waals surface area contributed by atoms with Gasteiger partial charge in [0, 0.05) is 17.1 Å². The molecule has 0 fully saturated rings. The van der Waals surface area contributed by atoms with Gasteiger partial charge in [-0.15, -0.1) is 5.59 Å². The van der Waals surface area contributed by atoms with Crippen molar-refractivity contribution in [3.63, 3.8) is 0 Å². The molecule has 0 saturated carbocycles. The van der Waals surface area contributed by atoms with E-state index in [9.17, 15) is 23.2 Å². The number of hydroxylamine groups is 1. The van der Waals surface area contributed by atoms with E-state index >= 15 is 0 Å². The summed E-state index contributed by atoms with van der Waals surface area (Å²) in [5.74, 6) is -1.37. The maximum atomic E-state index is 13.6. The molecule has 1 aromatic carbocycles. The van der Waals surface area contributed by atoms with Crippen LogP contribution in [0.15, 0.2) is 17.7 Å². The van der Waals surface area contributed by atoms with E-state index in [-0.39, 0.29) is 31.1 Å². The first-order valence-electron chi connectivity index (χ1n) is 9.83. The van der Waals surface area contributed by atoms with Crippen molar-refractivity contribution >= 4 is 23.6 Å². The van der Waals surface area contributed by atoms with Crippen LogP contribution in [-0.4, -0.2) is 72.3 Å². The number of likely N-dealkylation sites (N-methyl/N-ethyl adjacent to an activating group) is 1. The van der Waals surface area contributed by atoms with Crippen LogP contribution in [0.25, 0.3) is 6.08 Å². The van der Waals surface area contributed by atoms with Crippen LogP contribution in [-0.2, 0) is 19.8 Å². The summed E-state index contributed by atoms with van der Waals surface area (Å²) in [6, 6.07) is 2.87. The fourth-order valence-electron chi connectivity index (χ4n) is 2.97. The number of hydrogen-bond acceptors (Lipinski definition) is 9. The normalized spacial score (nSPS) is 16.5. The third kappa shape index (κ3) is 7.54. The summed E-state index contributed by atoms with van der Waals surface area (Å²) in [6.45, 7) is 4.81. The molecule has 3 N–H and O–H groups in total. The Morgan fingerprint density at radius 2 is 1.97 bits per heavy atom. The van der Waals surface area contributed by atoms with Crippen LogP contribution in [0.3, 0.4) is 0 Å². The van der Waals surface area contributed by atoms with E-state index in [0.29, 0.717) is 15.8 Å². The van der Waals surface area contributed by atoms with Gasteiger partial charge in [-0.3, -0.25) is 10.1 Å². The largest absolute Gasteiger partial charge is 0.475 e. The molecule has 33 heavy (non-hydrogen) atoms. The number of hydrazine groups is 1. The molecule has 0 amide bonds. The van der Waals surface area contributed by atoms with Gasteiger partial charge in [0.1, 0.15) is 5.75 Å². The molecular formula is C20H27ClF3N3O6. The summed E-state index contributed by atoms with van der Waals surface area (Å²) >= 11 is 6.29. The number of carbonyl (C=O) groups excluding carboxylic acids is 1. The first-order valence-corrected chi connectivity index (χ1v) is 10.2. The standard InChI is InChI=1S/C20H27ClF3N3O6/c1-19(2,3)14-9-16-12(8-15(14)21)7-13(17(33-16)20(22,23)24)18(29)31-11-32-25-27(30)10-26(4)5-6-28/h7-9,17,25,28,30H,5-6,10-11H2,1-4H3. The highest BCUT2D eigenvalue weighted by molar-refractivity contribution is 6.31. The van der Waals surface area contributed by atoms with Gasteiger partial charge in [0.05, 0.1) is 18.8 Å². The van der Waals surface area contributed by atoms with Gasteiger partial charge < -0.3 is 14.6 Å². The van der Waals surface area contributed by atoms with E-state index in [1.165, 1.54) is 17.0 Å². The Balaban J connectivity index is 2.11. The Hall–Kier alpha value is -1.93. The number of ether oxygens (including phenoxy) is 2. The number of alkyl halides is 3. The van der Waals surface area contributed by atoms with Crippen molar-refractivity contribution in [3.8, 4) is 5.75 Å². The lowest BCUT2D eigenvalue weighted by Gasteiger charge is -2.30. The zero-order chi connectivity index (χ0) is 25.0. The molecule has 2 rings (SSSR count). The van der Waals surface area contributed by atoms with Gasteiger partial charge in [-0.1, -0.05) is 37.5 Å². The molecule has 0 radical (unpaired) electrons. The number of nitrogens with one attached hydrogen (secondary N) is 1. The van der Waals surface area contributed by atoms with Crippen molar-refractivity contribution in [2.45, 2.75) is 38.5 Å². The summed E-state index contributed by atoms with van der Waals surface area (Å²) < 4.78 is 50.8. The molecule has 0 spiro atoms. The summed E-state index contributed by atoms with van der Waals surface area (Å²) in [7, 11) is 1.60. The maximum absolute atomic E-state index is 13.6. The van der Waals surface area contributed by atoms with Gasteiger partial charge in [-0.25, -0.2) is 9.63 Å². The van der Waals surface area contributed by atoms with Gasteiger partial charge in [-0.2, -0.15) is 13.2 Å². The number of esters is 1. The number of nitrogens with zero attached hydrogens (tertiary/aromatic N) is 2. The van der Waals surface area contributed by atoms with Gasteiger partial charge in [0.15, 0.2) is 0 Å². The van der Waals surface area contributed by atoms with Crippen LogP contribution >= 0.6 is 11.6 Å². The van der Waals surface area contributed by atoms with Crippen molar-refractivity contribution in [1.29, 1.82) is 0 Å². The summed E-state index contributed by atoms with van der Waals surface area (Å²) in [5.41, 5.74) is 1.60. The van der Waals surface area contributed by atoms with Crippen LogP contribution in [0.1, 0.15) is 31.9 Å². The molecular weight excluding hydrogens is 471 g/mol. The van der Waals surface area contributed by atoms with Gasteiger partial charge in [0.2, 0.25) is 12.9 Å². The highest BCUT2D eigenvalue weighted by atomic mass is 35.5. The zero-order valence-electron chi connectivity index (χ0n) is 18.6. The Morgan fingerprint density at radius 3 is 2.55 bits per heavy atom. The molecule has 1 aliphatic rings. The smallest absolute Gasteiger partial charge is 0.430 e. The molecule has 1 aliphatic heterocycles. The van der Waals surface area contributed by atoms with Gasteiger partial charge >= 0.3 is 12.1 Å². The second-order valence-electron chi connectivity index (χ2n) is 8.39. The van der Waals surface area contributed by atoms with E-state index in [1.54, 1.807) is 7.05 Å². The number of fused-ring (bicyclic) bond motifs is 1. The van der Waals surface area contributed by atoms with E-state index in [4.69, 9.17) is 31.0 Å². The molecule has 0 bridgehead atoms. The number of halogens is 4. The third-order valence-corrected chi connectivity index (χ3v) is 4.87. The van der Waals surface area contributed by atoms with Crippen LogP contribution in [0, 0.1) is 0 Å². The highest BCUT2D eigenvalue weighted by Gasteiger charge is 2.49. The molecule has 1 heterocycles. The predicted octanol–water partition coefficient (Wildman–Crippen LogP) is 2.85. The monoisotopic (exact) mass is 497 g/mol. The van der Waals surface area contributed by atoms with E-state index in [1.807, 2.05) is 26.4 Å². The highest BCUT2D eigenvalue weighted by Crippen LogP contribution is 2.42. The number of carbonyl (C=O) groups is 1. The zero-order valence-corrected chi connectivity index (χ0v) is 19.3. The fourth-order valence-corrected chi connectivity index (χ4v) is 3.42. The maximum Gasteiger partial charge on any atom is 0.430 e. The average molecular weight is 498 g/mol. The van der Waals surface area contributed by atoms with E-state index < -0.39 is 36.0 Å². The third-order valence-electron chi connectivity index (χ3n) is 4.55. The van der Waals surface area contributed by atoms with Crippen LogP contribution in [0.4, 0.5) is 13.2 Å². The minimum absolute atomic E-state index is 0.0518. The Bertz CT molecular complexity index is 876.